The van der Waals surface area contributed by atoms with Gasteiger partial charge in [0.25, 0.3) is 0 Å². The molecule has 7 nitrogen and oxygen atoms in total. The third kappa shape index (κ3) is 5.00. The first kappa shape index (κ1) is 23.6. The van der Waals surface area contributed by atoms with Crippen molar-refractivity contribution in [1.29, 1.82) is 0 Å². The Balaban J connectivity index is 1.58. The van der Waals surface area contributed by atoms with Crippen LogP contribution in [0.4, 0.5) is 4.39 Å². The van der Waals surface area contributed by atoms with Crippen LogP contribution in [0.15, 0.2) is 67.3 Å². The zero-order valence-electron chi connectivity index (χ0n) is 19.6. The first-order valence-electron chi connectivity index (χ1n) is 11.6. The third-order valence-corrected chi connectivity index (χ3v) is 6.38. The number of carbonyl (C=O) groups is 2. The first-order chi connectivity index (χ1) is 16.3. The Kier molecular flexibility index (Phi) is 7.05. The van der Waals surface area contributed by atoms with Gasteiger partial charge in [-0.1, -0.05) is 68.4 Å². The van der Waals surface area contributed by atoms with Crippen molar-refractivity contribution >= 4 is 11.8 Å². The molecule has 1 saturated heterocycles. The van der Waals surface area contributed by atoms with Gasteiger partial charge in [-0.05, 0) is 29.5 Å². The first-order valence-corrected chi connectivity index (χ1v) is 11.6. The van der Waals surface area contributed by atoms with E-state index in [2.05, 4.69) is 41.4 Å². The van der Waals surface area contributed by atoms with Gasteiger partial charge in [0.2, 0.25) is 11.8 Å². The summed E-state index contributed by atoms with van der Waals surface area (Å²) in [5.41, 5.74) is 3.04. The standard InChI is InChI=1S/C26H30FN5O2/c1-17(2)19-9-11-21(12-10-19)24(20-7-5-4-6-8-20)30-25(33)23-13-22(27)14-31(23)26(34)18(3)32-16-28-15-29-32/h4-12,15-18,22-24H,13-14H2,1-3H3,(H,30,33). The van der Waals surface area contributed by atoms with E-state index in [-0.39, 0.29) is 24.8 Å². The summed E-state index contributed by atoms with van der Waals surface area (Å²) < 4.78 is 15.9. The van der Waals surface area contributed by atoms with Crippen molar-refractivity contribution < 1.29 is 14.0 Å². The predicted octanol–water partition coefficient (Wildman–Crippen LogP) is 3.81. The van der Waals surface area contributed by atoms with Crippen LogP contribution >= 0.6 is 0 Å². The van der Waals surface area contributed by atoms with Crippen molar-refractivity contribution in [2.45, 2.75) is 57.4 Å². The van der Waals surface area contributed by atoms with Gasteiger partial charge in [-0.15, -0.1) is 0 Å². The van der Waals surface area contributed by atoms with Crippen molar-refractivity contribution in [1.82, 2.24) is 25.0 Å². The molecule has 3 aromatic rings. The van der Waals surface area contributed by atoms with Crippen LogP contribution in [0.2, 0.25) is 0 Å². The lowest BCUT2D eigenvalue weighted by Gasteiger charge is -2.28. The lowest BCUT2D eigenvalue weighted by atomic mass is 9.95. The van der Waals surface area contributed by atoms with Crippen molar-refractivity contribution in [2.75, 3.05) is 6.54 Å². The highest BCUT2D eigenvalue weighted by molar-refractivity contribution is 5.90. The molecule has 178 valence electrons. The van der Waals surface area contributed by atoms with Gasteiger partial charge in [0.05, 0.1) is 12.6 Å². The maximum absolute atomic E-state index is 14.4. The summed E-state index contributed by atoms with van der Waals surface area (Å²) in [5, 5.41) is 7.09. The molecule has 1 fully saturated rings. The molecule has 2 amide bonds. The van der Waals surface area contributed by atoms with E-state index >= 15 is 0 Å². The van der Waals surface area contributed by atoms with Crippen LogP contribution in [0.25, 0.3) is 0 Å². The molecule has 4 unspecified atom stereocenters. The number of benzene rings is 2. The quantitative estimate of drug-likeness (QED) is 0.578. The zero-order chi connectivity index (χ0) is 24.2. The molecule has 1 aromatic heterocycles. The average Bonchev–Trinajstić information content (AvgIpc) is 3.52. The molecule has 1 N–H and O–H groups in total. The summed E-state index contributed by atoms with van der Waals surface area (Å²) >= 11 is 0. The van der Waals surface area contributed by atoms with E-state index in [4.69, 9.17) is 0 Å². The molecular weight excluding hydrogens is 433 g/mol. The van der Waals surface area contributed by atoms with Crippen LogP contribution in [-0.4, -0.2) is 50.2 Å². The fraction of sp³-hybridized carbons (Fsp3) is 0.385. The Labute approximate surface area is 199 Å². The van der Waals surface area contributed by atoms with Crippen molar-refractivity contribution in [3.8, 4) is 0 Å². The van der Waals surface area contributed by atoms with E-state index in [1.807, 2.05) is 42.5 Å². The average molecular weight is 464 g/mol. The Morgan fingerprint density at radius 1 is 1.00 bits per heavy atom. The highest BCUT2D eigenvalue weighted by Crippen LogP contribution is 2.28. The number of halogens is 1. The van der Waals surface area contributed by atoms with Gasteiger partial charge in [-0.25, -0.2) is 14.1 Å². The molecule has 2 heterocycles. The largest absolute Gasteiger partial charge is 0.343 e. The molecule has 0 saturated carbocycles. The second-order valence-corrected chi connectivity index (χ2v) is 9.06. The van der Waals surface area contributed by atoms with E-state index in [9.17, 15) is 14.0 Å². The molecule has 34 heavy (non-hydrogen) atoms. The summed E-state index contributed by atoms with van der Waals surface area (Å²) in [4.78, 5) is 31.8. The molecule has 2 aromatic carbocycles. The number of aromatic nitrogens is 3. The van der Waals surface area contributed by atoms with E-state index in [0.717, 1.165) is 11.1 Å². The second-order valence-electron chi connectivity index (χ2n) is 9.06. The van der Waals surface area contributed by atoms with E-state index in [0.29, 0.717) is 5.92 Å². The van der Waals surface area contributed by atoms with Crippen LogP contribution in [0, 0.1) is 0 Å². The smallest absolute Gasteiger partial charge is 0.247 e. The number of rotatable bonds is 7. The Morgan fingerprint density at radius 2 is 1.65 bits per heavy atom. The monoisotopic (exact) mass is 463 g/mol. The van der Waals surface area contributed by atoms with E-state index < -0.39 is 24.3 Å². The number of hydrogen-bond donors (Lipinski definition) is 1. The lowest BCUT2D eigenvalue weighted by molar-refractivity contribution is -0.141. The minimum atomic E-state index is -1.26. The van der Waals surface area contributed by atoms with Crippen molar-refractivity contribution in [3.63, 3.8) is 0 Å². The van der Waals surface area contributed by atoms with Gasteiger partial charge in [0, 0.05) is 6.42 Å². The lowest BCUT2D eigenvalue weighted by Crippen LogP contribution is -2.48. The number of nitrogens with one attached hydrogen (secondary N) is 1. The fourth-order valence-corrected chi connectivity index (χ4v) is 4.36. The number of alkyl halides is 1. The fourth-order valence-electron chi connectivity index (χ4n) is 4.36. The number of carbonyl (C=O) groups excluding carboxylic acids is 2. The minimum absolute atomic E-state index is 0.0323. The van der Waals surface area contributed by atoms with Crippen molar-refractivity contribution in [3.05, 3.63) is 83.9 Å². The van der Waals surface area contributed by atoms with Gasteiger partial charge in [-0.3, -0.25) is 9.59 Å². The van der Waals surface area contributed by atoms with Crippen LogP contribution in [-0.2, 0) is 9.59 Å². The summed E-state index contributed by atoms with van der Waals surface area (Å²) in [5.74, 6) is -0.338. The van der Waals surface area contributed by atoms with E-state index in [1.54, 1.807) is 6.92 Å². The molecule has 4 atom stereocenters. The summed E-state index contributed by atoms with van der Waals surface area (Å²) in [6.07, 6.45) is 1.48. The molecule has 0 aliphatic carbocycles. The molecule has 8 heteroatoms. The molecular formula is C26H30FN5O2. The topological polar surface area (TPSA) is 80.1 Å². The highest BCUT2D eigenvalue weighted by atomic mass is 19.1. The van der Waals surface area contributed by atoms with Gasteiger partial charge in [0.15, 0.2) is 0 Å². The van der Waals surface area contributed by atoms with Gasteiger partial charge < -0.3 is 10.2 Å². The Bertz CT molecular complexity index is 1100. The van der Waals surface area contributed by atoms with Crippen molar-refractivity contribution in [2.24, 2.45) is 0 Å². The molecule has 0 spiro atoms. The molecule has 0 radical (unpaired) electrons. The third-order valence-electron chi connectivity index (χ3n) is 6.38. The van der Waals surface area contributed by atoms with Gasteiger partial charge >= 0.3 is 0 Å². The molecule has 0 bridgehead atoms. The Hall–Kier alpha value is -3.55. The summed E-state index contributed by atoms with van der Waals surface area (Å²) in [7, 11) is 0. The highest BCUT2D eigenvalue weighted by Gasteiger charge is 2.42. The SMILES string of the molecule is CC(C)c1ccc(C(NC(=O)C2CC(F)CN2C(=O)C(C)n2cncn2)c2ccccc2)cc1. The minimum Gasteiger partial charge on any atom is -0.343 e. The number of nitrogens with zero attached hydrogens (tertiary/aromatic N) is 4. The van der Waals surface area contributed by atoms with Crippen LogP contribution in [0.1, 0.15) is 61.9 Å². The van der Waals surface area contributed by atoms with Gasteiger partial charge in [0.1, 0.15) is 30.9 Å². The van der Waals surface area contributed by atoms with Crippen LogP contribution in [0.3, 0.4) is 0 Å². The summed E-state index contributed by atoms with van der Waals surface area (Å²) in [6.45, 7) is 5.81. The molecule has 1 aliphatic rings. The van der Waals surface area contributed by atoms with Crippen LogP contribution < -0.4 is 5.32 Å². The van der Waals surface area contributed by atoms with Crippen LogP contribution in [0.5, 0.6) is 0 Å². The summed E-state index contributed by atoms with van der Waals surface area (Å²) in [6, 6.07) is 15.8. The molecule has 4 rings (SSSR count). The maximum Gasteiger partial charge on any atom is 0.247 e. The normalized spacial score (nSPS) is 19.7. The Morgan fingerprint density at radius 3 is 2.26 bits per heavy atom. The zero-order valence-corrected chi connectivity index (χ0v) is 19.6. The van der Waals surface area contributed by atoms with E-state index in [1.165, 1.54) is 27.8 Å². The number of amides is 2. The number of likely N-dealkylation sites (tertiary alicyclic amines) is 1. The number of hydrogen-bond acceptors (Lipinski definition) is 4. The molecule has 1 aliphatic heterocycles. The predicted molar refractivity (Wildman–Crippen MR) is 127 cm³/mol. The van der Waals surface area contributed by atoms with Gasteiger partial charge in [-0.2, -0.15) is 5.10 Å². The second kappa shape index (κ2) is 10.2. The maximum atomic E-state index is 14.4.